The fourth-order valence-corrected chi connectivity index (χ4v) is 2.52. The maximum absolute atomic E-state index is 12.8. The minimum Gasteiger partial charge on any atom is -0.305 e. The van der Waals surface area contributed by atoms with Crippen LogP contribution < -0.4 is 0 Å². The summed E-state index contributed by atoms with van der Waals surface area (Å²) in [4.78, 5) is 0. The van der Waals surface area contributed by atoms with Crippen LogP contribution in [-0.4, -0.2) is 14.8 Å². The highest BCUT2D eigenvalue weighted by atomic mass is 32.2. The monoisotopic (exact) mass is 263 g/mol. The van der Waals surface area contributed by atoms with E-state index in [0.29, 0.717) is 6.54 Å². The fraction of sp³-hybridized carbons (Fsp3) is 0.231. The van der Waals surface area contributed by atoms with Crippen molar-refractivity contribution in [2.75, 3.05) is 0 Å². The summed E-state index contributed by atoms with van der Waals surface area (Å²) in [5.41, 5.74) is 1.06. The first-order valence-corrected chi connectivity index (χ1v) is 6.49. The Morgan fingerprint density at radius 1 is 1.44 bits per heavy atom. The molecule has 0 aliphatic heterocycles. The van der Waals surface area contributed by atoms with Crippen molar-refractivity contribution in [1.82, 2.24) is 14.8 Å². The third-order valence-corrected chi connectivity index (χ3v) is 3.68. The van der Waals surface area contributed by atoms with Gasteiger partial charge in [-0.1, -0.05) is 30.0 Å². The molecule has 18 heavy (non-hydrogen) atoms. The van der Waals surface area contributed by atoms with E-state index in [4.69, 9.17) is 0 Å². The van der Waals surface area contributed by atoms with Crippen LogP contribution in [0.25, 0.3) is 0 Å². The Hall–Kier alpha value is -1.62. The Bertz CT molecular complexity index is 521. The molecule has 1 aromatic heterocycles. The quantitative estimate of drug-likeness (QED) is 0.611. The SMILES string of the molecule is C=CCn1cnnc1S[C@@H](C)c1ccc(F)cc1. The van der Waals surface area contributed by atoms with Crippen LogP contribution in [0, 0.1) is 5.82 Å². The minimum absolute atomic E-state index is 0.193. The lowest BCUT2D eigenvalue weighted by Gasteiger charge is -2.11. The highest BCUT2D eigenvalue weighted by molar-refractivity contribution is 7.99. The zero-order valence-electron chi connectivity index (χ0n) is 10.1. The Morgan fingerprint density at radius 2 is 2.17 bits per heavy atom. The van der Waals surface area contributed by atoms with Crippen molar-refractivity contribution in [2.45, 2.75) is 23.9 Å². The first-order valence-electron chi connectivity index (χ1n) is 5.61. The van der Waals surface area contributed by atoms with E-state index in [9.17, 15) is 4.39 Å². The van der Waals surface area contributed by atoms with Crippen LogP contribution >= 0.6 is 11.8 Å². The minimum atomic E-state index is -0.217. The molecule has 2 rings (SSSR count). The second-order valence-corrected chi connectivity index (χ2v) is 5.17. The molecule has 0 amide bonds. The first-order chi connectivity index (χ1) is 8.70. The molecule has 0 bridgehead atoms. The highest BCUT2D eigenvalue weighted by Gasteiger charge is 2.12. The summed E-state index contributed by atoms with van der Waals surface area (Å²) in [6.45, 7) is 6.44. The van der Waals surface area contributed by atoms with E-state index in [0.717, 1.165) is 10.7 Å². The van der Waals surface area contributed by atoms with E-state index in [1.165, 1.54) is 12.1 Å². The molecular formula is C13H14FN3S. The van der Waals surface area contributed by atoms with Gasteiger partial charge in [0.1, 0.15) is 12.1 Å². The van der Waals surface area contributed by atoms with Crippen LogP contribution in [0.5, 0.6) is 0 Å². The number of rotatable bonds is 5. The van der Waals surface area contributed by atoms with Crippen LogP contribution in [-0.2, 0) is 6.54 Å². The number of nitrogens with zero attached hydrogens (tertiary/aromatic N) is 3. The van der Waals surface area contributed by atoms with Crippen molar-refractivity contribution in [3.8, 4) is 0 Å². The van der Waals surface area contributed by atoms with Crippen molar-refractivity contribution in [3.63, 3.8) is 0 Å². The third-order valence-electron chi connectivity index (χ3n) is 2.53. The second-order valence-electron chi connectivity index (χ2n) is 3.87. The van der Waals surface area contributed by atoms with Crippen LogP contribution in [0.2, 0.25) is 0 Å². The molecule has 0 spiro atoms. The Balaban J connectivity index is 2.10. The predicted molar refractivity (Wildman–Crippen MR) is 70.9 cm³/mol. The van der Waals surface area contributed by atoms with Crippen LogP contribution in [0.3, 0.4) is 0 Å². The predicted octanol–water partition coefficient (Wildman–Crippen LogP) is 3.46. The lowest BCUT2D eigenvalue weighted by atomic mass is 10.2. The van der Waals surface area contributed by atoms with Crippen LogP contribution in [0.1, 0.15) is 17.7 Å². The molecule has 94 valence electrons. The average molecular weight is 263 g/mol. The molecule has 1 heterocycles. The molecule has 0 aliphatic rings. The highest BCUT2D eigenvalue weighted by Crippen LogP contribution is 2.33. The molecule has 0 fully saturated rings. The van der Waals surface area contributed by atoms with E-state index in [1.807, 2.05) is 4.57 Å². The van der Waals surface area contributed by atoms with Gasteiger partial charge in [-0.15, -0.1) is 16.8 Å². The molecule has 3 nitrogen and oxygen atoms in total. The largest absolute Gasteiger partial charge is 0.305 e. The number of allylic oxidation sites excluding steroid dienone is 1. The van der Waals surface area contributed by atoms with Crippen LogP contribution in [0.15, 0.2) is 48.4 Å². The molecule has 1 aromatic carbocycles. The van der Waals surface area contributed by atoms with E-state index >= 15 is 0 Å². The molecule has 1 atom stereocenters. The van der Waals surface area contributed by atoms with Crippen molar-refractivity contribution in [3.05, 3.63) is 54.6 Å². The maximum atomic E-state index is 12.8. The molecule has 0 N–H and O–H groups in total. The van der Waals surface area contributed by atoms with Gasteiger partial charge in [-0.25, -0.2) is 4.39 Å². The zero-order valence-corrected chi connectivity index (χ0v) is 10.9. The van der Waals surface area contributed by atoms with Gasteiger partial charge in [0, 0.05) is 11.8 Å². The molecular weight excluding hydrogens is 249 g/mol. The topological polar surface area (TPSA) is 30.7 Å². The van der Waals surface area contributed by atoms with Crippen molar-refractivity contribution in [1.29, 1.82) is 0 Å². The lowest BCUT2D eigenvalue weighted by molar-refractivity contribution is 0.627. The fourth-order valence-electron chi connectivity index (χ4n) is 1.56. The van der Waals surface area contributed by atoms with Gasteiger partial charge in [-0.05, 0) is 24.6 Å². The van der Waals surface area contributed by atoms with Gasteiger partial charge in [-0.2, -0.15) is 0 Å². The molecule has 5 heteroatoms. The van der Waals surface area contributed by atoms with Gasteiger partial charge in [0.15, 0.2) is 5.16 Å². The molecule has 0 saturated heterocycles. The number of hydrogen-bond donors (Lipinski definition) is 0. The summed E-state index contributed by atoms with van der Waals surface area (Å²) < 4.78 is 14.8. The van der Waals surface area contributed by atoms with Crippen molar-refractivity contribution in [2.24, 2.45) is 0 Å². The molecule has 0 saturated carbocycles. The van der Waals surface area contributed by atoms with E-state index in [2.05, 4.69) is 23.7 Å². The number of thioether (sulfide) groups is 1. The summed E-state index contributed by atoms with van der Waals surface area (Å²) in [7, 11) is 0. The third kappa shape index (κ3) is 2.98. The van der Waals surface area contributed by atoms with Gasteiger partial charge in [0.25, 0.3) is 0 Å². The lowest BCUT2D eigenvalue weighted by Crippen LogP contribution is -1.97. The van der Waals surface area contributed by atoms with Gasteiger partial charge >= 0.3 is 0 Å². The smallest absolute Gasteiger partial charge is 0.191 e. The first kappa shape index (κ1) is 12.8. The van der Waals surface area contributed by atoms with Gasteiger partial charge in [0.2, 0.25) is 0 Å². The van der Waals surface area contributed by atoms with E-state index in [1.54, 1.807) is 36.3 Å². The van der Waals surface area contributed by atoms with E-state index < -0.39 is 0 Å². The maximum Gasteiger partial charge on any atom is 0.191 e. The average Bonchev–Trinajstić information content (AvgIpc) is 2.78. The van der Waals surface area contributed by atoms with Gasteiger partial charge in [-0.3, -0.25) is 0 Å². The number of aromatic nitrogens is 3. The summed E-state index contributed by atoms with van der Waals surface area (Å²) in [6, 6.07) is 6.53. The van der Waals surface area contributed by atoms with Gasteiger partial charge < -0.3 is 4.57 Å². The summed E-state index contributed by atoms with van der Waals surface area (Å²) in [5, 5.41) is 8.99. The number of benzene rings is 1. The van der Waals surface area contributed by atoms with Crippen molar-refractivity contribution < 1.29 is 4.39 Å². The van der Waals surface area contributed by atoms with Gasteiger partial charge in [0.05, 0.1) is 0 Å². The zero-order chi connectivity index (χ0) is 13.0. The number of hydrogen-bond acceptors (Lipinski definition) is 3. The standard InChI is InChI=1S/C13H14FN3S/c1-3-8-17-9-15-16-13(17)18-10(2)11-4-6-12(14)7-5-11/h3-7,9-10H,1,8H2,2H3/t10-/m0/s1. The summed E-state index contributed by atoms with van der Waals surface area (Å²) in [5.74, 6) is -0.217. The molecule has 0 aliphatic carbocycles. The summed E-state index contributed by atoms with van der Waals surface area (Å²) >= 11 is 1.59. The normalized spacial score (nSPS) is 12.3. The molecule has 0 radical (unpaired) electrons. The Labute approximate surface area is 110 Å². The summed E-state index contributed by atoms with van der Waals surface area (Å²) in [6.07, 6.45) is 3.48. The Kier molecular flexibility index (Phi) is 4.15. The molecule has 0 unspecified atom stereocenters. The molecule has 2 aromatic rings. The van der Waals surface area contributed by atoms with E-state index in [-0.39, 0.29) is 11.1 Å². The van der Waals surface area contributed by atoms with Crippen molar-refractivity contribution >= 4 is 11.8 Å². The Morgan fingerprint density at radius 3 is 2.83 bits per heavy atom. The second kappa shape index (κ2) is 5.82. The van der Waals surface area contributed by atoms with Crippen LogP contribution in [0.4, 0.5) is 4.39 Å². The number of halogens is 1.